The van der Waals surface area contributed by atoms with Crippen molar-refractivity contribution in [3.8, 4) is 0 Å². The number of hydrogen-bond donors (Lipinski definition) is 1. The summed E-state index contributed by atoms with van der Waals surface area (Å²) in [4.78, 5) is 13.1. The summed E-state index contributed by atoms with van der Waals surface area (Å²) in [5.74, 6) is -0.0347. The summed E-state index contributed by atoms with van der Waals surface area (Å²) in [6.07, 6.45) is 2.91. The Morgan fingerprint density at radius 2 is 1.90 bits per heavy atom. The summed E-state index contributed by atoms with van der Waals surface area (Å²) >= 11 is 13.7. The molecule has 0 bridgehead atoms. The van der Waals surface area contributed by atoms with E-state index in [0.717, 1.165) is 16.1 Å². The van der Waals surface area contributed by atoms with Crippen LogP contribution in [0.4, 0.5) is 5.69 Å². The molecule has 0 saturated carbocycles. The number of carbonyl (C=O) groups excluding carboxylic acids is 1. The van der Waals surface area contributed by atoms with Gasteiger partial charge in [0.15, 0.2) is 0 Å². The fourth-order valence-electron chi connectivity index (χ4n) is 1.95. The number of hydrogen-bond acceptors (Lipinski definition) is 2. The average molecular weight is 340 g/mol. The summed E-state index contributed by atoms with van der Waals surface area (Å²) in [5, 5.41) is 3.97. The van der Waals surface area contributed by atoms with Gasteiger partial charge in [-0.2, -0.15) is 0 Å². The van der Waals surface area contributed by atoms with E-state index in [4.69, 9.17) is 23.2 Å². The molecule has 110 valence electrons. The minimum absolute atomic E-state index is 0.0347. The third-order valence-corrected chi connectivity index (χ3v) is 4.69. The quantitative estimate of drug-likeness (QED) is 0.750. The van der Waals surface area contributed by atoms with Crippen LogP contribution in [0.5, 0.6) is 0 Å². The Hall–Kier alpha value is -1.16. The van der Waals surface area contributed by atoms with Gasteiger partial charge in [0.25, 0.3) is 0 Å². The van der Waals surface area contributed by atoms with Crippen LogP contribution in [0, 0.1) is 0 Å². The molecule has 0 radical (unpaired) electrons. The minimum Gasteiger partial charge on any atom is -0.325 e. The number of thioether (sulfide) groups is 1. The second-order valence-corrected chi connectivity index (χ2v) is 6.09. The number of para-hydroxylation sites is 1. The second-order valence-electron chi connectivity index (χ2n) is 4.46. The highest BCUT2D eigenvalue weighted by atomic mass is 35.5. The van der Waals surface area contributed by atoms with Gasteiger partial charge in [-0.3, -0.25) is 4.79 Å². The van der Waals surface area contributed by atoms with E-state index in [1.165, 1.54) is 0 Å². The molecule has 0 spiro atoms. The van der Waals surface area contributed by atoms with E-state index < -0.39 is 0 Å². The maximum absolute atomic E-state index is 12.1. The minimum atomic E-state index is -0.0347. The molecule has 2 aromatic carbocycles. The molecule has 0 heterocycles. The van der Waals surface area contributed by atoms with Crippen molar-refractivity contribution in [2.75, 3.05) is 11.6 Å². The molecule has 1 N–H and O–H groups in total. The van der Waals surface area contributed by atoms with Crippen LogP contribution < -0.4 is 5.32 Å². The van der Waals surface area contributed by atoms with Gasteiger partial charge in [-0.1, -0.05) is 47.5 Å². The van der Waals surface area contributed by atoms with Gasteiger partial charge in [-0.15, -0.1) is 11.8 Å². The standard InChI is InChI=1S/C16H15Cl2NOS/c1-21-14-8-3-2-7-13(14)19-15(20)10-9-11-5-4-6-12(17)16(11)18/h2-8H,9-10H2,1H3,(H,19,20). The van der Waals surface area contributed by atoms with E-state index in [1.54, 1.807) is 17.8 Å². The van der Waals surface area contributed by atoms with Gasteiger partial charge in [0, 0.05) is 11.3 Å². The van der Waals surface area contributed by atoms with Crippen LogP contribution in [0.25, 0.3) is 0 Å². The lowest BCUT2D eigenvalue weighted by Gasteiger charge is -2.10. The summed E-state index contributed by atoms with van der Waals surface area (Å²) in [7, 11) is 0. The first kappa shape index (κ1) is 16.2. The Morgan fingerprint density at radius 3 is 2.67 bits per heavy atom. The summed E-state index contributed by atoms with van der Waals surface area (Å²) in [6.45, 7) is 0. The number of carbonyl (C=O) groups is 1. The fourth-order valence-corrected chi connectivity index (χ4v) is 2.92. The van der Waals surface area contributed by atoms with E-state index in [1.807, 2.05) is 42.7 Å². The SMILES string of the molecule is CSc1ccccc1NC(=O)CCc1cccc(Cl)c1Cl. The van der Waals surface area contributed by atoms with Crippen LogP contribution >= 0.6 is 35.0 Å². The molecule has 0 aromatic heterocycles. The first-order chi connectivity index (χ1) is 10.1. The summed E-state index contributed by atoms with van der Waals surface area (Å²) in [5.41, 5.74) is 1.73. The first-order valence-electron chi connectivity index (χ1n) is 6.47. The summed E-state index contributed by atoms with van der Waals surface area (Å²) < 4.78 is 0. The molecule has 0 atom stereocenters. The van der Waals surface area contributed by atoms with Crippen molar-refractivity contribution in [2.24, 2.45) is 0 Å². The molecule has 5 heteroatoms. The van der Waals surface area contributed by atoms with Crippen molar-refractivity contribution >= 4 is 46.6 Å². The number of benzene rings is 2. The molecule has 21 heavy (non-hydrogen) atoms. The largest absolute Gasteiger partial charge is 0.325 e. The van der Waals surface area contributed by atoms with Gasteiger partial charge in [0.05, 0.1) is 15.7 Å². The number of anilines is 1. The van der Waals surface area contributed by atoms with Gasteiger partial charge in [0.1, 0.15) is 0 Å². The topological polar surface area (TPSA) is 29.1 Å². The van der Waals surface area contributed by atoms with E-state index in [-0.39, 0.29) is 5.91 Å². The molecule has 2 nitrogen and oxygen atoms in total. The first-order valence-corrected chi connectivity index (χ1v) is 8.45. The number of amides is 1. The highest BCUT2D eigenvalue weighted by Crippen LogP contribution is 2.27. The van der Waals surface area contributed by atoms with Crippen molar-refractivity contribution in [1.82, 2.24) is 0 Å². The molecule has 0 saturated heterocycles. The van der Waals surface area contributed by atoms with Gasteiger partial charge in [-0.05, 0) is 36.4 Å². The normalized spacial score (nSPS) is 10.4. The summed E-state index contributed by atoms with van der Waals surface area (Å²) in [6, 6.07) is 13.2. The lowest BCUT2D eigenvalue weighted by molar-refractivity contribution is -0.116. The van der Waals surface area contributed by atoms with Gasteiger partial charge >= 0.3 is 0 Å². The number of nitrogens with one attached hydrogen (secondary N) is 1. The van der Waals surface area contributed by atoms with Crippen LogP contribution in [0.1, 0.15) is 12.0 Å². The lowest BCUT2D eigenvalue weighted by atomic mass is 10.1. The number of halogens is 2. The van der Waals surface area contributed by atoms with E-state index in [9.17, 15) is 4.79 Å². The number of rotatable bonds is 5. The maximum atomic E-state index is 12.1. The predicted molar refractivity (Wildman–Crippen MR) is 91.6 cm³/mol. The van der Waals surface area contributed by atoms with Crippen molar-refractivity contribution in [3.63, 3.8) is 0 Å². The zero-order valence-corrected chi connectivity index (χ0v) is 13.9. The zero-order valence-electron chi connectivity index (χ0n) is 11.5. The smallest absolute Gasteiger partial charge is 0.224 e. The molecular formula is C16H15Cl2NOS. The van der Waals surface area contributed by atoms with Crippen LogP contribution in [-0.4, -0.2) is 12.2 Å². The Balaban J connectivity index is 1.98. The number of aryl methyl sites for hydroxylation is 1. The Morgan fingerprint density at radius 1 is 1.14 bits per heavy atom. The molecule has 0 aliphatic carbocycles. The van der Waals surface area contributed by atoms with Gasteiger partial charge < -0.3 is 5.32 Å². The highest BCUT2D eigenvalue weighted by molar-refractivity contribution is 7.98. The third-order valence-electron chi connectivity index (χ3n) is 3.03. The van der Waals surface area contributed by atoms with E-state index in [0.29, 0.717) is 22.9 Å². The Bertz CT molecular complexity index is 646. The van der Waals surface area contributed by atoms with Crippen molar-refractivity contribution in [3.05, 3.63) is 58.1 Å². The lowest BCUT2D eigenvalue weighted by Crippen LogP contribution is -2.13. The highest BCUT2D eigenvalue weighted by Gasteiger charge is 2.09. The van der Waals surface area contributed by atoms with Crippen molar-refractivity contribution < 1.29 is 4.79 Å². The predicted octanol–water partition coefficient (Wildman–Crippen LogP) is 5.29. The molecule has 2 rings (SSSR count). The Kier molecular flexibility index (Phi) is 5.97. The van der Waals surface area contributed by atoms with Crippen LogP contribution in [0.2, 0.25) is 10.0 Å². The van der Waals surface area contributed by atoms with Gasteiger partial charge in [0.2, 0.25) is 5.91 Å². The van der Waals surface area contributed by atoms with Gasteiger partial charge in [-0.25, -0.2) is 0 Å². The molecule has 2 aromatic rings. The molecule has 0 fully saturated rings. The molecule has 0 aliphatic heterocycles. The monoisotopic (exact) mass is 339 g/mol. The third kappa shape index (κ3) is 4.40. The van der Waals surface area contributed by atoms with Crippen molar-refractivity contribution in [1.29, 1.82) is 0 Å². The van der Waals surface area contributed by atoms with Crippen LogP contribution in [0.3, 0.4) is 0 Å². The second kappa shape index (κ2) is 7.74. The Labute approximate surface area is 138 Å². The molecular weight excluding hydrogens is 325 g/mol. The molecule has 0 aliphatic rings. The zero-order chi connectivity index (χ0) is 15.2. The van der Waals surface area contributed by atoms with Crippen LogP contribution in [0.15, 0.2) is 47.4 Å². The van der Waals surface area contributed by atoms with Crippen molar-refractivity contribution in [2.45, 2.75) is 17.7 Å². The maximum Gasteiger partial charge on any atom is 0.224 e. The molecule has 0 unspecified atom stereocenters. The fraction of sp³-hybridized carbons (Fsp3) is 0.188. The van der Waals surface area contributed by atoms with E-state index in [2.05, 4.69) is 5.32 Å². The average Bonchev–Trinajstić information content (AvgIpc) is 2.49. The van der Waals surface area contributed by atoms with Crippen LogP contribution in [-0.2, 0) is 11.2 Å². The molecule has 1 amide bonds. The van der Waals surface area contributed by atoms with E-state index >= 15 is 0 Å².